The predicted molar refractivity (Wildman–Crippen MR) is 133 cm³/mol. The number of benzene rings is 3. The van der Waals surface area contributed by atoms with Crippen molar-refractivity contribution in [2.24, 2.45) is 0 Å². The minimum absolute atomic E-state index is 0.178. The van der Waals surface area contributed by atoms with Crippen molar-refractivity contribution in [1.29, 1.82) is 0 Å². The maximum Gasteiger partial charge on any atom is 0.196 e. The molecule has 0 amide bonds. The van der Waals surface area contributed by atoms with E-state index in [-0.39, 0.29) is 29.0 Å². The molecule has 4 heteroatoms. The summed E-state index contributed by atoms with van der Waals surface area (Å²) in [5.41, 5.74) is 3.20. The minimum atomic E-state index is -0.313. The van der Waals surface area contributed by atoms with E-state index >= 15 is 0 Å². The van der Waals surface area contributed by atoms with Crippen LogP contribution in [0.15, 0.2) is 100 Å². The lowest BCUT2D eigenvalue weighted by Gasteiger charge is -2.14. The molecular weight excluding hydrogens is 412 g/mol. The lowest BCUT2D eigenvalue weighted by Crippen LogP contribution is -2.11. The quantitative estimate of drug-likeness (QED) is 0.186. The summed E-state index contributed by atoms with van der Waals surface area (Å²) in [5, 5.41) is 0.339. The summed E-state index contributed by atoms with van der Waals surface area (Å²) in [5.74, 6) is 0.470. The van der Waals surface area contributed by atoms with Crippen molar-refractivity contribution in [2.45, 2.75) is 13.8 Å². The van der Waals surface area contributed by atoms with Gasteiger partial charge in [-0.3, -0.25) is 9.59 Å². The molecule has 4 nitrogen and oxygen atoms in total. The van der Waals surface area contributed by atoms with Crippen LogP contribution in [0.4, 0.5) is 0 Å². The number of fused-ring (bicyclic) bond motifs is 1. The van der Waals surface area contributed by atoms with Crippen molar-refractivity contribution in [3.63, 3.8) is 0 Å². The fourth-order valence-electron chi connectivity index (χ4n) is 3.57. The van der Waals surface area contributed by atoms with Gasteiger partial charge >= 0.3 is 0 Å². The first-order valence-corrected chi connectivity index (χ1v) is 10.7. The van der Waals surface area contributed by atoms with Gasteiger partial charge in [0.2, 0.25) is 0 Å². The van der Waals surface area contributed by atoms with Crippen molar-refractivity contribution in [1.82, 2.24) is 0 Å². The summed E-state index contributed by atoms with van der Waals surface area (Å²) in [6.07, 6.45) is 3.20. The van der Waals surface area contributed by atoms with Crippen molar-refractivity contribution >= 4 is 22.8 Å². The van der Waals surface area contributed by atoms with Gasteiger partial charge in [-0.25, -0.2) is 0 Å². The van der Waals surface area contributed by atoms with E-state index in [0.717, 1.165) is 16.7 Å². The first kappa shape index (κ1) is 22.0. The number of hydrogen-bond acceptors (Lipinski definition) is 4. The Balaban J connectivity index is 1.93. The van der Waals surface area contributed by atoms with Crippen molar-refractivity contribution < 1.29 is 13.9 Å². The molecule has 0 bridgehead atoms. The standard InChI is InChI=1S/C29H24O4/c1-19(2)18-32-25-17-15-23-27(31)20(3)28(22-12-8-5-9-13-22)33-29(23)26(25)24(30)16-14-21-10-6-4-7-11-21/h4-17H,1,18H2,2-3H3. The highest BCUT2D eigenvalue weighted by molar-refractivity contribution is 6.15. The van der Waals surface area contributed by atoms with Gasteiger partial charge in [-0.1, -0.05) is 73.3 Å². The molecule has 0 saturated carbocycles. The Morgan fingerprint density at radius 3 is 2.33 bits per heavy atom. The largest absolute Gasteiger partial charge is 0.488 e. The highest BCUT2D eigenvalue weighted by Gasteiger charge is 2.22. The summed E-state index contributed by atoms with van der Waals surface area (Å²) in [6, 6.07) is 22.2. The molecule has 0 N–H and O–H groups in total. The highest BCUT2D eigenvalue weighted by atomic mass is 16.5. The first-order chi connectivity index (χ1) is 16.0. The second-order valence-corrected chi connectivity index (χ2v) is 7.92. The fourth-order valence-corrected chi connectivity index (χ4v) is 3.57. The molecule has 0 spiro atoms. The van der Waals surface area contributed by atoms with Crippen LogP contribution >= 0.6 is 0 Å². The number of carbonyl (C=O) groups excluding carboxylic acids is 1. The van der Waals surface area contributed by atoms with Gasteiger partial charge in [0.05, 0.1) is 5.39 Å². The predicted octanol–water partition coefficient (Wildman–Crippen LogP) is 6.62. The van der Waals surface area contributed by atoms with Gasteiger partial charge in [-0.15, -0.1) is 0 Å². The van der Waals surface area contributed by atoms with Crippen LogP contribution in [0.5, 0.6) is 5.75 Å². The van der Waals surface area contributed by atoms with Gasteiger partial charge in [-0.2, -0.15) is 0 Å². The molecule has 33 heavy (non-hydrogen) atoms. The van der Waals surface area contributed by atoms with Crippen LogP contribution in [-0.2, 0) is 0 Å². The van der Waals surface area contributed by atoms with Crippen LogP contribution in [-0.4, -0.2) is 12.4 Å². The van der Waals surface area contributed by atoms with E-state index in [9.17, 15) is 9.59 Å². The number of rotatable bonds is 7. The Labute approximate surface area is 192 Å². The zero-order valence-corrected chi connectivity index (χ0v) is 18.6. The van der Waals surface area contributed by atoms with E-state index in [1.165, 1.54) is 6.08 Å². The zero-order chi connectivity index (χ0) is 23.4. The maximum absolute atomic E-state index is 13.4. The molecule has 0 radical (unpaired) electrons. The second kappa shape index (κ2) is 9.53. The third-order valence-corrected chi connectivity index (χ3v) is 5.23. The Morgan fingerprint density at radius 2 is 1.67 bits per heavy atom. The summed E-state index contributed by atoms with van der Waals surface area (Å²) >= 11 is 0. The summed E-state index contributed by atoms with van der Waals surface area (Å²) in [4.78, 5) is 26.6. The topological polar surface area (TPSA) is 56.5 Å². The van der Waals surface area contributed by atoms with Gasteiger partial charge < -0.3 is 9.15 Å². The molecule has 1 heterocycles. The molecule has 1 aromatic heterocycles. The molecule has 164 valence electrons. The van der Waals surface area contributed by atoms with E-state index in [1.807, 2.05) is 67.6 Å². The molecule has 0 atom stereocenters. The highest BCUT2D eigenvalue weighted by Crippen LogP contribution is 2.32. The van der Waals surface area contributed by atoms with Crippen LogP contribution < -0.4 is 10.2 Å². The third-order valence-electron chi connectivity index (χ3n) is 5.23. The Kier molecular flexibility index (Phi) is 6.36. The molecule has 0 aliphatic rings. The lowest BCUT2D eigenvalue weighted by atomic mass is 10.0. The number of carbonyl (C=O) groups is 1. The lowest BCUT2D eigenvalue weighted by molar-refractivity contribution is 0.104. The van der Waals surface area contributed by atoms with Crippen molar-refractivity contribution in [3.8, 4) is 17.1 Å². The van der Waals surface area contributed by atoms with Crippen LogP contribution in [0.2, 0.25) is 0 Å². The molecule has 0 fully saturated rings. The van der Waals surface area contributed by atoms with Crippen LogP contribution in [0.1, 0.15) is 28.4 Å². The van der Waals surface area contributed by atoms with Crippen LogP contribution in [0.25, 0.3) is 28.4 Å². The number of hydrogen-bond donors (Lipinski definition) is 0. The van der Waals surface area contributed by atoms with Crippen LogP contribution in [0, 0.1) is 6.92 Å². The van der Waals surface area contributed by atoms with Gasteiger partial charge in [0, 0.05) is 11.1 Å². The molecule has 0 aliphatic carbocycles. The second-order valence-electron chi connectivity index (χ2n) is 7.92. The Bertz CT molecular complexity index is 1410. The average Bonchev–Trinajstić information content (AvgIpc) is 2.84. The Hall–Kier alpha value is -4.18. The van der Waals surface area contributed by atoms with E-state index in [1.54, 1.807) is 25.1 Å². The third kappa shape index (κ3) is 4.70. The molecule has 4 rings (SSSR count). The Morgan fingerprint density at radius 1 is 1.00 bits per heavy atom. The minimum Gasteiger partial charge on any atom is -0.488 e. The fraction of sp³-hybridized carbons (Fsp3) is 0.103. The molecule has 3 aromatic carbocycles. The molecule has 0 saturated heterocycles. The molecule has 4 aromatic rings. The molecule has 0 unspecified atom stereocenters. The van der Waals surface area contributed by atoms with Crippen molar-refractivity contribution in [2.75, 3.05) is 6.61 Å². The van der Waals surface area contributed by atoms with Gasteiger partial charge in [0.25, 0.3) is 0 Å². The van der Waals surface area contributed by atoms with Gasteiger partial charge in [0.1, 0.15) is 23.7 Å². The first-order valence-electron chi connectivity index (χ1n) is 10.7. The zero-order valence-electron chi connectivity index (χ0n) is 18.6. The summed E-state index contributed by atoms with van der Waals surface area (Å²) < 4.78 is 12.1. The monoisotopic (exact) mass is 436 g/mol. The van der Waals surface area contributed by atoms with Gasteiger partial charge in [-0.05, 0) is 43.2 Å². The number of ether oxygens (including phenoxy) is 1. The molecule has 0 aliphatic heterocycles. The SMILES string of the molecule is C=C(C)COc1ccc2c(=O)c(C)c(-c3ccccc3)oc2c1C(=O)C=Cc1ccccc1. The van der Waals surface area contributed by atoms with Crippen molar-refractivity contribution in [3.05, 3.63) is 118 Å². The van der Waals surface area contributed by atoms with Gasteiger partial charge in [0.15, 0.2) is 16.8 Å². The van der Waals surface area contributed by atoms with E-state index < -0.39 is 0 Å². The summed E-state index contributed by atoms with van der Waals surface area (Å²) in [6.45, 7) is 7.69. The van der Waals surface area contributed by atoms with E-state index in [2.05, 4.69) is 6.58 Å². The normalized spacial score (nSPS) is 11.1. The smallest absolute Gasteiger partial charge is 0.196 e. The maximum atomic E-state index is 13.4. The van der Waals surface area contributed by atoms with E-state index in [4.69, 9.17) is 9.15 Å². The summed E-state index contributed by atoms with van der Waals surface area (Å²) in [7, 11) is 0. The average molecular weight is 437 g/mol. The van der Waals surface area contributed by atoms with E-state index in [0.29, 0.717) is 22.5 Å². The number of allylic oxidation sites excluding steroid dienone is 1. The molecular formula is C29H24O4. The number of ketones is 1. The van der Waals surface area contributed by atoms with Crippen LogP contribution in [0.3, 0.4) is 0 Å².